The molecule has 3 aromatic rings. The number of hydrogen-bond donors (Lipinski definition) is 1. The lowest BCUT2D eigenvalue weighted by Gasteiger charge is -2.34. The highest BCUT2D eigenvalue weighted by molar-refractivity contribution is 5.78. The molecule has 4 rings (SSSR count). The summed E-state index contributed by atoms with van der Waals surface area (Å²) < 4.78 is 5.19. The highest BCUT2D eigenvalue weighted by Gasteiger charge is 2.29. The Bertz CT molecular complexity index is 884. The first kappa shape index (κ1) is 17.6. The second kappa shape index (κ2) is 7.82. The van der Waals surface area contributed by atoms with Gasteiger partial charge in [-0.2, -0.15) is 0 Å². The molecule has 0 radical (unpaired) electrons. The van der Waals surface area contributed by atoms with E-state index < -0.39 is 0 Å². The van der Waals surface area contributed by atoms with Crippen molar-refractivity contribution in [2.75, 3.05) is 13.7 Å². The summed E-state index contributed by atoms with van der Waals surface area (Å²) in [5.74, 6) is 1.95. The normalized spacial score (nSPS) is 17.2. The highest BCUT2D eigenvalue weighted by Crippen LogP contribution is 2.31. The number of para-hydroxylation sites is 2. The molecule has 0 spiro atoms. The number of methoxy groups -OCH3 is 1. The Labute approximate surface area is 159 Å². The molecule has 1 N–H and O–H groups in total. The summed E-state index contributed by atoms with van der Waals surface area (Å²) in [4.78, 5) is 23.1. The number of aromatic nitrogens is 2. The molecule has 5 heteroatoms. The van der Waals surface area contributed by atoms with Crippen LogP contribution in [0.2, 0.25) is 0 Å². The maximum Gasteiger partial charge on any atom is 0.223 e. The van der Waals surface area contributed by atoms with Crippen LogP contribution in [0.1, 0.15) is 43.1 Å². The van der Waals surface area contributed by atoms with Gasteiger partial charge < -0.3 is 14.6 Å². The van der Waals surface area contributed by atoms with E-state index in [1.807, 2.05) is 53.4 Å². The van der Waals surface area contributed by atoms with Crippen LogP contribution >= 0.6 is 0 Å². The van der Waals surface area contributed by atoms with Crippen LogP contribution < -0.4 is 4.74 Å². The van der Waals surface area contributed by atoms with Gasteiger partial charge in [0.1, 0.15) is 11.6 Å². The first-order valence-corrected chi connectivity index (χ1v) is 9.61. The number of carbonyl (C=O) groups is 1. The first-order chi connectivity index (χ1) is 13.2. The molecular formula is C22H25N3O2. The Morgan fingerprint density at radius 1 is 1.19 bits per heavy atom. The number of fused-ring (bicyclic) bond motifs is 1. The second-order valence-electron chi connectivity index (χ2n) is 7.09. The molecule has 1 fully saturated rings. The smallest absolute Gasteiger partial charge is 0.223 e. The van der Waals surface area contributed by atoms with Crippen molar-refractivity contribution in [3.05, 3.63) is 59.9 Å². The number of aromatic amines is 1. The Hall–Kier alpha value is -2.82. The number of imidazole rings is 1. The van der Waals surface area contributed by atoms with Gasteiger partial charge in [0, 0.05) is 13.0 Å². The average Bonchev–Trinajstić information content (AvgIpc) is 3.16. The lowest BCUT2D eigenvalue weighted by molar-refractivity contribution is -0.135. The number of piperidine rings is 1. The molecule has 0 saturated carbocycles. The number of ether oxygens (including phenoxy) is 1. The third-order valence-electron chi connectivity index (χ3n) is 5.33. The van der Waals surface area contributed by atoms with E-state index in [0.717, 1.165) is 60.4 Å². The summed E-state index contributed by atoms with van der Waals surface area (Å²) in [5.41, 5.74) is 3.15. The Morgan fingerprint density at radius 3 is 2.78 bits per heavy atom. The molecule has 2 heterocycles. The molecule has 1 aliphatic heterocycles. The zero-order valence-electron chi connectivity index (χ0n) is 15.6. The Kier molecular flexibility index (Phi) is 5.10. The van der Waals surface area contributed by atoms with Gasteiger partial charge in [0.2, 0.25) is 5.91 Å². The van der Waals surface area contributed by atoms with Crippen molar-refractivity contribution < 1.29 is 9.53 Å². The van der Waals surface area contributed by atoms with Crippen LogP contribution in [0, 0.1) is 0 Å². The highest BCUT2D eigenvalue weighted by atomic mass is 16.5. The molecule has 1 amide bonds. The van der Waals surface area contributed by atoms with Crippen molar-refractivity contribution in [2.45, 2.75) is 38.1 Å². The average molecular weight is 363 g/mol. The van der Waals surface area contributed by atoms with E-state index in [4.69, 9.17) is 9.72 Å². The van der Waals surface area contributed by atoms with Crippen LogP contribution in [0.4, 0.5) is 0 Å². The minimum Gasteiger partial charge on any atom is -0.497 e. The van der Waals surface area contributed by atoms with Crippen LogP contribution in [0.3, 0.4) is 0 Å². The molecule has 5 nitrogen and oxygen atoms in total. The van der Waals surface area contributed by atoms with Gasteiger partial charge in [0.15, 0.2) is 0 Å². The number of likely N-dealkylation sites (tertiary alicyclic amines) is 1. The topological polar surface area (TPSA) is 58.2 Å². The summed E-state index contributed by atoms with van der Waals surface area (Å²) in [6.45, 7) is 0.809. The van der Waals surface area contributed by atoms with E-state index in [1.165, 1.54) is 0 Å². The van der Waals surface area contributed by atoms with E-state index in [-0.39, 0.29) is 11.9 Å². The predicted octanol–water partition coefficient (Wildman–Crippen LogP) is 4.26. The lowest BCUT2D eigenvalue weighted by atomic mass is 10.00. The van der Waals surface area contributed by atoms with Crippen LogP contribution in [-0.4, -0.2) is 34.4 Å². The molecular weight excluding hydrogens is 338 g/mol. The third kappa shape index (κ3) is 3.82. The summed E-state index contributed by atoms with van der Waals surface area (Å²) in [5, 5.41) is 0. The van der Waals surface area contributed by atoms with Crippen molar-refractivity contribution in [1.29, 1.82) is 0 Å². The molecule has 27 heavy (non-hydrogen) atoms. The standard InChI is InChI=1S/C22H25N3O2/c1-27-17-12-9-16(10-13-17)11-14-21(26)25-15-5-4-8-20(25)22-23-18-6-2-3-7-19(18)24-22/h2-3,6-7,9-10,12-13,20H,4-5,8,11,14-15H2,1H3,(H,23,24)/t20-/m1/s1. The number of aryl methyl sites for hydroxylation is 1. The van der Waals surface area contributed by atoms with Gasteiger partial charge in [-0.3, -0.25) is 4.79 Å². The number of rotatable bonds is 5. The number of nitrogens with zero attached hydrogens (tertiary/aromatic N) is 2. The van der Waals surface area contributed by atoms with Gasteiger partial charge in [-0.1, -0.05) is 24.3 Å². The molecule has 0 unspecified atom stereocenters. The number of benzene rings is 2. The molecule has 1 aliphatic rings. The number of nitrogens with one attached hydrogen (secondary N) is 1. The molecule has 1 atom stereocenters. The molecule has 140 valence electrons. The van der Waals surface area contributed by atoms with Gasteiger partial charge in [-0.15, -0.1) is 0 Å². The predicted molar refractivity (Wildman–Crippen MR) is 106 cm³/mol. The minimum atomic E-state index is 0.0505. The molecule has 1 saturated heterocycles. The van der Waals surface area contributed by atoms with Gasteiger partial charge in [0.05, 0.1) is 24.2 Å². The van der Waals surface area contributed by atoms with E-state index in [9.17, 15) is 4.79 Å². The Morgan fingerprint density at radius 2 is 2.00 bits per heavy atom. The fourth-order valence-electron chi connectivity index (χ4n) is 3.83. The van der Waals surface area contributed by atoms with E-state index in [0.29, 0.717) is 6.42 Å². The molecule has 0 bridgehead atoms. The maximum absolute atomic E-state index is 13.0. The summed E-state index contributed by atoms with van der Waals surface area (Å²) in [6, 6.07) is 16.0. The fourth-order valence-corrected chi connectivity index (χ4v) is 3.83. The zero-order chi connectivity index (χ0) is 18.6. The SMILES string of the molecule is COc1ccc(CCC(=O)N2CCCC[C@@H]2c2nc3ccccc3[nH]2)cc1. The maximum atomic E-state index is 13.0. The van der Waals surface area contributed by atoms with Crippen molar-refractivity contribution >= 4 is 16.9 Å². The fraction of sp³-hybridized carbons (Fsp3) is 0.364. The summed E-state index contributed by atoms with van der Waals surface area (Å²) in [6.07, 6.45) is 4.41. The van der Waals surface area contributed by atoms with Crippen molar-refractivity contribution in [3.8, 4) is 5.75 Å². The molecule has 1 aromatic heterocycles. The summed E-state index contributed by atoms with van der Waals surface area (Å²) in [7, 11) is 1.66. The van der Waals surface area contributed by atoms with Gasteiger partial charge in [-0.25, -0.2) is 4.98 Å². The molecule has 2 aromatic carbocycles. The van der Waals surface area contributed by atoms with Crippen LogP contribution in [0.15, 0.2) is 48.5 Å². The van der Waals surface area contributed by atoms with E-state index >= 15 is 0 Å². The van der Waals surface area contributed by atoms with Gasteiger partial charge in [0.25, 0.3) is 0 Å². The van der Waals surface area contributed by atoms with Crippen LogP contribution in [0.25, 0.3) is 11.0 Å². The summed E-state index contributed by atoms with van der Waals surface area (Å²) >= 11 is 0. The number of hydrogen-bond acceptors (Lipinski definition) is 3. The monoisotopic (exact) mass is 363 g/mol. The number of carbonyl (C=O) groups excluding carboxylic acids is 1. The van der Waals surface area contributed by atoms with E-state index in [2.05, 4.69) is 4.98 Å². The lowest BCUT2D eigenvalue weighted by Crippen LogP contribution is -2.39. The largest absolute Gasteiger partial charge is 0.497 e. The quantitative estimate of drug-likeness (QED) is 0.737. The number of H-pyrrole nitrogens is 1. The third-order valence-corrected chi connectivity index (χ3v) is 5.33. The van der Waals surface area contributed by atoms with Crippen molar-refractivity contribution in [1.82, 2.24) is 14.9 Å². The van der Waals surface area contributed by atoms with E-state index in [1.54, 1.807) is 7.11 Å². The minimum absolute atomic E-state index is 0.0505. The van der Waals surface area contributed by atoms with Gasteiger partial charge >= 0.3 is 0 Å². The van der Waals surface area contributed by atoms with Crippen LogP contribution in [-0.2, 0) is 11.2 Å². The number of amides is 1. The molecule has 0 aliphatic carbocycles. The first-order valence-electron chi connectivity index (χ1n) is 9.61. The van der Waals surface area contributed by atoms with Crippen LogP contribution in [0.5, 0.6) is 5.75 Å². The zero-order valence-corrected chi connectivity index (χ0v) is 15.6. The van der Waals surface area contributed by atoms with Gasteiger partial charge in [-0.05, 0) is 55.5 Å². The van der Waals surface area contributed by atoms with Crippen molar-refractivity contribution in [2.24, 2.45) is 0 Å². The van der Waals surface area contributed by atoms with Crippen molar-refractivity contribution in [3.63, 3.8) is 0 Å². The Balaban J connectivity index is 1.46. The second-order valence-corrected chi connectivity index (χ2v) is 7.09.